The summed E-state index contributed by atoms with van der Waals surface area (Å²) in [5, 5.41) is 18.2. The topological polar surface area (TPSA) is 82.0 Å². The van der Waals surface area contributed by atoms with E-state index in [0.717, 1.165) is 33.2 Å². The number of benzene rings is 3. The van der Waals surface area contributed by atoms with Crippen LogP contribution in [0.15, 0.2) is 71.3 Å². The highest BCUT2D eigenvalue weighted by atomic mass is 32.2. The summed E-state index contributed by atoms with van der Waals surface area (Å²) in [6.45, 7) is 3.96. The first kappa shape index (κ1) is 21.7. The monoisotopic (exact) mass is 441 g/mol. The van der Waals surface area contributed by atoms with E-state index >= 15 is 0 Å². The van der Waals surface area contributed by atoms with Crippen LogP contribution in [0.1, 0.15) is 29.0 Å². The number of hydrogen-bond donors (Lipinski definition) is 2. The SMILES string of the molecule is Cc1cccc(NC(=O)CSC2=C(C#N)[C@@H](c3cccc4ccccc34)CC(=O)N2)c1C. The van der Waals surface area contributed by atoms with Crippen LogP contribution in [0.2, 0.25) is 0 Å². The summed E-state index contributed by atoms with van der Waals surface area (Å²) < 4.78 is 0. The molecule has 2 N–H and O–H groups in total. The standard InChI is InChI=1S/C26H23N3O2S/c1-16-7-5-12-23(17(16)2)28-25(31)15-32-26-22(14-27)21(13-24(30)29-26)20-11-6-9-18-8-3-4-10-19(18)20/h3-12,21H,13,15H2,1-2H3,(H,28,31)(H,29,30)/t21-/m1/s1. The van der Waals surface area contributed by atoms with Gasteiger partial charge in [-0.2, -0.15) is 5.26 Å². The van der Waals surface area contributed by atoms with Gasteiger partial charge in [0.05, 0.1) is 22.4 Å². The molecule has 1 heterocycles. The van der Waals surface area contributed by atoms with Gasteiger partial charge in [0.25, 0.3) is 0 Å². The van der Waals surface area contributed by atoms with E-state index in [-0.39, 0.29) is 29.9 Å². The molecule has 3 aromatic carbocycles. The van der Waals surface area contributed by atoms with Crippen molar-refractivity contribution in [1.82, 2.24) is 5.32 Å². The number of nitrogens with one attached hydrogen (secondary N) is 2. The van der Waals surface area contributed by atoms with Gasteiger partial charge in [0.1, 0.15) is 0 Å². The zero-order valence-electron chi connectivity index (χ0n) is 17.9. The highest BCUT2D eigenvalue weighted by molar-refractivity contribution is 8.03. The lowest BCUT2D eigenvalue weighted by Gasteiger charge is -2.26. The number of rotatable bonds is 5. The zero-order chi connectivity index (χ0) is 22.7. The lowest BCUT2D eigenvalue weighted by atomic mass is 9.84. The number of anilines is 1. The quantitative estimate of drug-likeness (QED) is 0.572. The molecule has 3 aromatic rings. The molecule has 0 fully saturated rings. The van der Waals surface area contributed by atoms with Gasteiger partial charge in [0.15, 0.2) is 0 Å². The van der Waals surface area contributed by atoms with E-state index in [4.69, 9.17) is 0 Å². The Morgan fingerprint density at radius 3 is 2.69 bits per heavy atom. The van der Waals surface area contributed by atoms with E-state index in [0.29, 0.717) is 10.6 Å². The summed E-state index contributed by atoms with van der Waals surface area (Å²) in [6.07, 6.45) is 0.204. The highest BCUT2D eigenvalue weighted by Crippen LogP contribution is 2.38. The first-order chi connectivity index (χ1) is 15.5. The van der Waals surface area contributed by atoms with Crippen molar-refractivity contribution >= 4 is 40.0 Å². The maximum Gasteiger partial charge on any atom is 0.234 e. The van der Waals surface area contributed by atoms with E-state index in [2.05, 4.69) is 16.7 Å². The average molecular weight is 442 g/mol. The second-order valence-corrected chi connectivity index (χ2v) is 8.80. The van der Waals surface area contributed by atoms with E-state index in [1.54, 1.807) is 0 Å². The third kappa shape index (κ3) is 4.39. The Kier molecular flexibility index (Phi) is 6.29. The molecular weight excluding hydrogens is 418 g/mol. The maximum atomic E-state index is 12.6. The Hall–Kier alpha value is -3.56. The van der Waals surface area contributed by atoms with Gasteiger partial charge in [-0.25, -0.2) is 0 Å². The molecule has 0 aliphatic carbocycles. The largest absolute Gasteiger partial charge is 0.325 e. The lowest BCUT2D eigenvalue weighted by molar-refractivity contribution is -0.121. The summed E-state index contributed by atoms with van der Waals surface area (Å²) in [5.41, 5.74) is 4.33. The van der Waals surface area contributed by atoms with Crippen molar-refractivity contribution < 1.29 is 9.59 Å². The van der Waals surface area contributed by atoms with Crippen molar-refractivity contribution in [2.45, 2.75) is 26.2 Å². The molecule has 0 aromatic heterocycles. The van der Waals surface area contributed by atoms with Gasteiger partial charge in [0.2, 0.25) is 11.8 Å². The van der Waals surface area contributed by atoms with Crippen LogP contribution in [-0.4, -0.2) is 17.6 Å². The number of nitriles is 1. The number of hydrogen-bond acceptors (Lipinski definition) is 4. The molecule has 32 heavy (non-hydrogen) atoms. The van der Waals surface area contributed by atoms with Crippen molar-refractivity contribution in [3.8, 4) is 6.07 Å². The summed E-state index contributed by atoms with van der Waals surface area (Å²) in [4.78, 5) is 25.1. The number of thioether (sulfide) groups is 1. The maximum absolute atomic E-state index is 12.6. The summed E-state index contributed by atoms with van der Waals surface area (Å²) in [5.74, 6) is -0.588. The minimum absolute atomic E-state index is 0.0937. The molecule has 5 nitrogen and oxygen atoms in total. The first-order valence-corrected chi connectivity index (χ1v) is 11.4. The van der Waals surface area contributed by atoms with Gasteiger partial charge in [-0.05, 0) is 47.4 Å². The van der Waals surface area contributed by atoms with E-state index < -0.39 is 0 Å². The van der Waals surface area contributed by atoms with Crippen LogP contribution >= 0.6 is 11.8 Å². The van der Waals surface area contributed by atoms with Crippen molar-refractivity contribution in [3.63, 3.8) is 0 Å². The molecule has 0 saturated carbocycles. The molecule has 0 bridgehead atoms. The third-order valence-corrected chi connectivity index (χ3v) is 6.80. The Labute approximate surface area is 191 Å². The number of nitrogens with zero attached hydrogens (tertiary/aromatic N) is 1. The van der Waals surface area contributed by atoms with Gasteiger partial charge < -0.3 is 10.6 Å². The Balaban J connectivity index is 1.59. The smallest absolute Gasteiger partial charge is 0.234 e. The Morgan fingerprint density at radius 1 is 1.12 bits per heavy atom. The molecule has 0 unspecified atom stereocenters. The molecule has 1 aliphatic heterocycles. The predicted molar refractivity (Wildman–Crippen MR) is 129 cm³/mol. The van der Waals surface area contributed by atoms with Crippen LogP contribution in [0.4, 0.5) is 5.69 Å². The fraction of sp³-hybridized carbons (Fsp3) is 0.192. The molecule has 4 rings (SSSR count). The van der Waals surface area contributed by atoms with Gasteiger partial charge in [-0.1, -0.05) is 66.4 Å². The molecule has 1 aliphatic rings. The minimum Gasteiger partial charge on any atom is -0.325 e. The van der Waals surface area contributed by atoms with Crippen LogP contribution in [0.25, 0.3) is 10.8 Å². The Bertz CT molecular complexity index is 1280. The fourth-order valence-corrected chi connectivity index (χ4v) is 4.84. The van der Waals surface area contributed by atoms with Crippen LogP contribution in [0.3, 0.4) is 0 Å². The van der Waals surface area contributed by atoms with E-state index in [1.807, 2.05) is 74.5 Å². The molecule has 0 saturated heterocycles. The Morgan fingerprint density at radius 2 is 1.88 bits per heavy atom. The molecule has 160 valence electrons. The van der Waals surface area contributed by atoms with E-state index in [9.17, 15) is 14.9 Å². The van der Waals surface area contributed by atoms with Crippen molar-refractivity contribution in [1.29, 1.82) is 5.26 Å². The van der Waals surface area contributed by atoms with Crippen LogP contribution < -0.4 is 10.6 Å². The van der Waals surface area contributed by atoms with E-state index in [1.165, 1.54) is 11.8 Å². The number of carbonyl (C=O) groups excluding carboxylic acids is 2. The van der Waals surface area contributed by atoms with Gasteiger partial charge in [-0.3, -0.25) is 9.59 Å². The summed E-state index contributed by atoms with van der Waals surface area (Å²) >= 11 is 1.19. The van der Waals surface area contributed by atoms with Crippen LogP contribution in [-0.2, 0) is 9.59 Å². The number of carbonyl (C=O) groups is 2. The van der Waals surface area contributed by atoms with Crippen LogP contribution in [0.5, 0.6) is 0 Å². The first-order valence-electron chi connectivity index (χ1n) is 10.4. The van der Waals surface area contributed by atoms with Gasteiger partial charge in [-0.15, -0.1) is 0 Å². The van der Waals surface area contributed by atoms with Gasteiger partial charge >= 0.3 is 0 Å². The lowest BCUT2D eigenvalue weighted by Crippen LogP contribution is -2.31. The number of amides is 2. The molecule has 0 radical (unpaired) electrons. The molecular formula is C26H23N3O2S. The highest BCUT2D eigenvalue weighted by Gasteiger charge is 2.30. The van der Waals surface area contributed by atoms with Crippen molar-refractivity contribution in [3.05, 3.63) is 88.0 Å². The zero-order valence-corrected chi connectivity index (χ0v) is 18.8. The number of allylic oxidation sites excluding steroid dienone is 1. The molecule has 2 amide bonds. The molecule has 6 heteroatoms. The molecule has 0 spiro atoms. The second kappa shape index (κ2) is 9.29. The number of fused-ring (bicyclic) bond motifs is 1. The molecule has 1 atom stereocenters. The minimum atomic E-state index is -0.343. The normalized spacial score (nSPS) is 15.9. The van der Waals surface area contributed by atoms with Gasteiger partial charge in [0, 0.05) is 18.0 Å². The average Bonchev–Trinajstić information content (AvgIpc) is 2.80. The number of aryl methyl sites for hydroxylation is 1. The van der Waals surface area contributed by atoms with Crippen molar-refractivity contribution in [2.75, 3.05) is 11.1 Å². The van der Waals surface area contributed by atoms with Crippen molar-refractivity contribution in [2.24, 2.45) is 0 Å². The van der Waals surface area contributed by atoms with Crippen LogP contribution in [0, 0.1) is 25.2 Å². The fourth-order valence-electron chi connectivity index (χ4n) is 3.96. The third-order valence-electron chi connectivity index (χ3n) is 5.78. The summed E-state index contributed by atoms with van der Waals surface area (Å²) in [7, 11) is 0. The summed E-state index contributed by atoms with van der Waals surface area (Å²) in [6, 6.07) is 21.9. The second-order valence-electron chi connectivity index (χ2n) is 7.81. The predicted octanol–water partition coefficient (Wildman–Crippen LogP) is 5.17.